The zero-order valence-corrected chi connectivity index (χ0v) is 13.3. The minimum atomic E-state index is -0.569. The molecule has 0 aliphatic carbocycles. The molecule has 120 valence electrons. The third kappa shape index (κ3) is 5.07. The van der Waals surface area contributed by atoms with Crippen LogP contribution in [0.1, 0.15) is 17.5 Å². The fourth-order valence-corrected chi connectivity index (χ4v) is 2.17. The van der Waals surface area contributed by atoms with Gasteiger partial charge in [-0.25, -0.2) is 4.39 Å². The summed E-state index contributed by atoms with van der Waals surface area (Å²) in [7, 11) is 0. The van der Waals surface area contributed by atoms with Gasteiger partial charge >= 0.3 is 0 Å². The van der Waals surface area contributed by atoms with Crippen LogP contribution in [0.15, 0.2) is 42.5 Å². The Balaban J connectivity index is 1.84. The van der Waals surface area contributed by atoms with Crippen molar-refractivity contribution in [1.29, 1.82) is 0 Å². The summed E-state index contributed by atoms with van der Waals surface area (Å²) in [5.41, 5.74) is 2.40. The van der Waals surface area contributed by atoms with Crippen LogP contribution in [0, 0.1) is 12.7 Å². The summed E-state index contributed by atoms with van der Waals surface area (Å²) in [4.78, 5) is 23.6. The molecule has 0 atom stereocenters. The molecule has 0 saturated carbocycles. The van der Waals surface area contributed by atoms with Gasteiger partial charge in [0.1, 0.15) is 12.2 Å². The molecule has 0 radical (unpaired) electrons. The Morgan fingerprint density at radius 1 is 1.13 bits per heavy atom. The van der Waals surface area contributed by atoms with Crippen LogP contribution in [-0.4, -0.2) is 11.8 Å². The molecule has 0 fully saturated rings. The van der Waals surface area contributed by atoms with Gasteiger partial charge in [-0.2, -0.15) is 0 Å². The van der Waals surface area contributed by atoms with E-state index in [4.69, 9.17) is 11.6 Å². The molecular formula is C17H16ClFN2O2. The molecule has 0 unspecified atom stereocenters. The summed E-state index contributed by atoms with van der Waals surface area (Å²) < 4.78 is 13.0. The number of carbonyl (C=O) groups is 2. The third-order valence-electron chi connectivity index (χ3n) is 3.26. The third-order valence-corrected chi connectivity index (χ3v) is 3.55. The topological polar surface area (TPSA) is 58.2 Å². The first-order valence-electron chi connectivity index (χ1n) is 7.02. The SMILES string of the molecule is Cc1ccccc1CNC(=O)CC(=O)Nc1ccc(F)c(Cl)c1. The highest BCUT2D eigenvalue weighted by atomic mass is 35.5. The van der Waals surface area contributed by atoms with Crippen molar-refractivity contribution in [2.24, 2.45) is 0 Å². The fourth-order valence-electron chi connectivity index (χ4n) is 1.99. The van der Waals surface area contributed by atoms with Gasteiger partial charge in [-0.15, -0.1) is 0 Å². The normalized spacial score (nSPS) is 10.2. The average Bonchev–Trinajstić information content (AvgIpc) is 2.50. The van der Waals surface area contributed by atoms with E-state index in [1.54, 1.807) is 0 Å². The van der Waals surface area contributed by atoms with E-state index in [-0.39, 0.29) is 17.4 Å². The summed E-state index contributed by atoms with van der Waals surface area (Å²) >= 11 is 5.63. The minimum Gasteiger partial charge on any atom is -0.352 e. The first-order valence-corrected chi connectivity index (χ1v) is 7.39. The number of amides is 2. The molecule has 0 saturated heterocycles. The Hall–Kier alpha value is -2.40. The summed E-state index contributed by atoms with van der Waals surface area (Å²) in [6.45, 7) is 2.31. The first kappa shape index (κ1) is 17.0. The first-order chi connectivity index (χ1) is 11.0. The second-order valence-electron chi connectivity index (χ2n) is 5.06. The van der Waals surface area contributed by atoms with Crippen LogP contribution in [-0.2, 0) is 16.1 Å². The zero-order valence-electron chi connectivity index (χ0n) is 12.5. The highest BCUT2D eigenvalue weighted by Crippen LogP contribution is 2.19. The molecular weight excluding hydrogens is 319 g/mol. The monoisotopic (exact) mass is 334 g/mol. The van der Waals surface area contributed by atoms with E-state index in [1.807, 2.05) is 31.2 Å². The number of rotatable bonds is 5. The van der Waals surface area contributed by atoms with Crippen LogP contribution in [0.25, 0.3) is 0 Å². The van der Waals surface area contributed by atoms with Crippen molar-refractivity contribution < 1.29 is 14.0 Å². The predicted molar refractivity (Wildman–Crippen MR) is 87.7 cm³/mol. The molecule has 2 amide bonds. The molecule has 2 aromatic rings. The number of nitrogens with one attached hydrogen (secondary N) is 2. The van der Waals surface area contributed by atoms with Gasteiger partial charge in [-0.05, 0) is 36.2 Å². The number of benzene rings is 2. The highest BCUT2D eigenvalue weighted by molar-refractivity contribution is 6.31. The highest BCUT2D eigenvalue weighted by Gasteiger charge is 2.11. The van der Waals surface area contributed by atoms with Gasteiger partial charge in [0.05, 0.1) is 5.02 Å². The average molecular weight is 335 g/mol. The summed E-state index contributed by atoms with van der Waals surface area (Å²) in [6.07, 6.45) is -0.319. The van der Waals surface area contributed by atoms with Gasteiger partial charge in [0.25, 0.3) is 0 Å². The Morgan fingerprint density at radius 3 is 2.57 bits per heavy atom. The fraction of sp³-hybridized carbons (Fsp3) is 0.176. The van der Waals surface area contributed by atoms with Gasteiger partial charge < -0.3 is 10.6 Å². The van der Waals surface area contributed by atoms with Crippen molar-refractivity contribution in [3.8, 4) is 0 Å². The maximum Gasteiger partial charge on any atom is 0.233 e. The molecule has 2 aromatic carbocycles. The van der Waals surface area contributed by atoms with Crippen LogP contribution in [0.3, 0.4) is 0 Å². The minimum absolute atomic E-state index is 0.0909. The van der Waals surface area contributed by atoms with Crippen molar-refractivity contribution in [2.45, 2.75) is 19.9 Å². The van der Waals surface area contributed by atoms with Crippen molar-refractivity contribution in [1.82, 2.24) is 5.32 Å². The van der Waals surface area contributed by atoms with Gasteiger partial charge in [0.2, 0.25) is 11.8 Å². The Bertz CT molecular complexity index is 734. The van der Waals surface area contributed by atoms with Crippen LogP contribution < -0.4 is 10.6 Å². The molecule has 23 heavy (non-hydrogen) atoms. The van der Waals surface area contributed by atoms with Crippen molar-refractivity contribution in [2.75, 3.05) is 5.32 Å². The maximum atomic E-state index is 13.0. The molecule has 0 spiro atoms. The van der Waals surface area contributed by atoms with Crippen LogP contribution in [0.4, 0.5) is 10.1 Å². The molecule has 0 aromatic heterocycles. The molecule has 0 heterocycles. The predicted octanol–water partition coefficient (Wildman–Crippen LogP) is 3.43. The van der Waals surface area contributed by atoms with Crippen LogP contribution in [0.5, 0.6) is 0 Å². The van der Waals surface area contributed by atoms with E-state index >= 15 is 0 Å². The lowest BCUT2D eigenvalue weighted by Crippen LogP contribution is -2.28. The van der Waals surface area contributed by atoms with Crippen molar-refractivity contribution >= 4 is 29.1 Å². The number of carbonyl (C=O) groups excluding carboxylic acids is 2. The molecule has 2 N–H and O–H groups in total. The molecule has 0 aliphatic rings. The smallest absolute Gasteiger partial charge is 0.233 e. The van der Waals surface area contributed by atoms with E-state index in [2.05, 4.69) is 10.6 Å². The summed E-state index contributed by atoms with van der Waals surface area (Å²) in [5, 5.41) is 5.10. The number of anilines is 1. The molecule has 0 aliphatic heterocycles. The standard InChI is InChI=1S/C17H16ClFN2O2/c1-11-4-2-3-5-12(11)10-20-16(22)9-17(23)21-13-6-7-15(19)14(18)8-13/h2-8H,9-10H2,1H3,(H,20,22)(H,21,23). The summed E-state index contributed by atoms with van der Waals surface area (Å²) in [6, 6.07) is 11.5. The van der Waals surface area contributed by atoms with Crippen molar-refractivity contribution in [3.05, 3.63) is 64.4 Å². The Morgan fingerprint density at radius 2 is 1.87 bits per heavy atom. The largest absolute Gasteiger partial charge is 0.352 e. The zero-order chi connectivity index (χ0) is 16.8. The number of aryl methyl sites for hydroxylation is 1. The second kappa shape index (κ2) is 7.74. The lowest BCUT2D eigenvalue weighted by Gasteiger charge is -2.08. The van der Waals surface area contributed by atoms with E-state index in [0.717, 1.165) is 17.2 Å². The maximum absolute atomic E-state index is 13.0. The summed E-state index contributed by atoms with van der Waals surface area (Å²) in [5.74, 6) is -1.45. The van der Waals surface area contributed by atoms with E-state index in [9.17, 15) is 14.0 Å². The van der Waals surface area contributed by atoms with E-state index < -0.39 is 11.7 Å². The number of hydrogen-bond donors (Lipinski definition) is 2. The van der Waals surface area contributed by atoms with Crippen LogP contribution >= 0.6 is 11.6 Å². The molecule has 6 heteroatoms. The Labute approximate surface area is 138 Å². The van der Waals surface area contributed by atoms with Gasteiger partial charge in [0, 0.05) is 12.2 Å². The van der Waals surface area contributed by atoms with Gasteiger partial charge in [-0.3, -0.25) is 9.59 Å². The number of halogens is 2. The van der Waals surface area contributed by atoms with E-state index in [1.165, 1.54) is 12.1 Å². The molecule has 2 rings (SSSR count). The second-order valence-corrected chi connectivity index (χ2v) is 5.46. The molecule has 0 bridgehead atoms. The van der Waals surface area contributed by atoms with E-state index in [0.29, 0.717) is 12.2 Å². The Kier molecular flexibility index (Phi) is 5.71. The quantitative estimate of drug-likeness (QED) is 0.823. The van der Waals surface area contributed by atoms with Crippen LogP contribution in [0.2, 0.25) is 5.02 Å². The lowest BCUT2D eigenvalue weighted by molar-refractivity contribution is -0.126. The van der Waals surface area contributed by atoms with Gasteiger partial charge in [-0.1, -0.05) is 35.9 Å². The lowest BCUT2D eigenvalue weighted by atomic mass is 10.1. The molecule has 4 nitrogen and oxygen atoms in total. The van der Waals surface area contributed by atoms with Crippen molar-refractivity contribution in [3.63, 3.8) is 0 Å². The number of hydrogen-bond acceptors (Lipinski definition) is 2. The van der Waals surface area contributed by atoms with Gasteiger partial charge in [0.15, 0.2) is 0 Å².